The molecule has 2 atom stereocenters. The van der Waals surface area contributed by atoms with E-state index in [0.29, 0.717) is 19.1 Å². The maximum absolute atomic E-state index is 11.9. The first-order valence-electron chi connectivity index (χ1n) is 6.38. The Kier molecular flexibility index (Phi) is 4.20. The minimum Gasteiger partial charge on any atom is -0.445 e. The Morgan fingerprint density at radius 1 is 1.44 bits per heavy atom. The maximum Gasteiger partial charge on any atom is 0.410 e. The number of piperidine rings is 1. The largest absolute Gasteiger partial charge is 0.445 e. The van der Waals surface area contributed by atoms with Crippen LogP contribution in [0.15, 0.2) is 30.3 Å². The highest BCUT2D eigenvalue weighted by Crippen LogP contribution is 2.16. The van der Waals surface area contributed by atoms with E-state index in [4.69, 9.17) is 10.5 Å². The highest BCUT2D eigenvalue weighted by molar-refractivity contribution is 5.67. The van der Waals surface area contributed by atoms with Crippen LogP contribution in [0, 0.1) is 5.92 Å². The molecule has 4 heteroatoms. The molecule has 0 saturated carbocycles. The van der Waals surface area contributed by atoms with Gasteiger partial charge in [0.25, 0.3) is 0 Å². The van der Waals surface area contributed by atoms with E-state index in [0.717, 1.165) is 18.5 Å². The molecule has 1 saturated heterocycles. The van der Waals surface area contributed by atoms with E-state index in [2.05, 4.69) is 6.92 Å². The highest BCUT2D eigenvalue weighted by Gasteiger charge is 2.27. The second-order valence-electron chi connectivity index (χ2n) is 4.92. The van der Waals surface area contributed by atoms with Crippen molar-refractivity contribution in [3.05, 3.63) is 35.9 Å². The Morgan fingerprint density at radius 3 is 2.83 bits per heavy atom. The predicted octanol–water partition coefficient (Wildman–Crippen LogP) is 1.99. The molecule has 0 unspecified atom stereocenters. The molecule has 2 N–H and O–H groups in total. The van der Waals surface area contributed by atoms with Gasteiger partial charge in [0.1, 0.15) is 6.61 Å². The average molecular weight is 248 g/mol. The predicted molar refractivity (Wildman–Crippen MR) is 70.0 cm³/mol. The van der Waals surface area contributed by atoms with Gasteiger partial charge in [-0.25, -0.2) is 4.79 Å². The van der Waals surface area contributed by atoms with Crippen molar-refractivity contribution in [3.8, 4) is 0 Å². The molecule has 2 rings (SSSR count). The first-order valence-corrected chi connectivity index (χ1v) is 6.38. The van der Waals surface area contributed by atoms with Gasteiger partial charge in [0.05, 0.1) is 0 Å². The van der Waals surface area contributed by atoms with Gasteiger partial charge in [0.15, 0.2) is 0 Å². The number of benzene rings is 1. The van der Waals surface area contributed by atoms with Gasteiger partial charge in [-0.2, -0.15) is 0 Å². The Balaban J connectivity index is 1.82. The third-order valence-corrected chi connectivity index (χ3v) is 3.48. The smallest absolute Gasteiger partial charge is 0.410 e. The molecule has 98 valence electrons. The van der Waals surface area contributed by atoms with Gasteiger partial charge in [-0.3, -0.25) is 0 Å². The molecule has 1 aromatic carbocycles. The quantitative estimate of drug-likeness (QED) is 0.870. The van der Waals surface area contributed by atoms with Crippen molar-refractivity contribution >= 4 is 6.09 Å². The van der Waals surface area contributed by atoms with Crippen LogP contribution in [0.2, 0.25) is 0 Å². The lowest BCUT2D eigenvalue weighted by atomic mass is 9.95. The van der Waals surface area contributed by atoms with Crippen molar-refractivity contribution in [1.29, 1.82) is 0 Å². The molecular weight excluding hydrogens is 228 g/mol. The monoisotopic (exact) mass is 248 g/mol. The number of hydrogen-bond acceptors (Lipinski definition) is 3. The third-order valence-electron chi connectivity index (χ3n) is 3.48. The van der Waals surface area contributed by atoms with Gasteiger partial charge < -0.3 is 15.4 Å². The van der Waals surface area contributed by atoms with Gasteiger partial charge in [-0.1, -0.05) is 37.3 Å². The van der Waals surface area contributed by atoms with Gasteiger partial charge in [-0.15, -0.1) is 0 Å². The summed E-state index contributed by atoms with van der Waals surface area (Å²) in [4.78, 5) is 13.6. The number of hydrogen-bond donors (Lipinski definition) is 1. The zero-order valence-electron chi connectivity index (χ0n) is 10.7. The van der Waals surface area contributed by atoms with Crippen molar-refractivity contribution in [1.82, 2.24) is 4.90 Å². The van der Waals surface area contributed by atoms with Crippen LogP contribution in [0.1, 0.15) is 18.9 Å². The highest BCUT2D eigenvalue weighted by atomic mass is 16.6. The zero-order valence-corrected chi connectivity index (χ0v) is 10.7. The molecule has 0 aromatic heterocycles. The van der Waals surface area contributed by atoms with Crippen molar-refractivity contribution < 1.29 is 9.53 Å². The first kappa shape index (κ1) is 12.9. The molecule has 1 aliphatic rings. The lowest BCUT2D eigenvalue weighted by Crippen LogP contribution is -2.49. The normalized spacial score (nSPS) is 23.8. The Morgan fingerprint density at radius 2 is 2.17 bits per heavy atom. The number of carbonyl (C=O) groups excluding carboxylic acids is 1. The fourth-order valence-electron chi connectivity index (χ4n) is 2.08. The van der Waals surface area contributed by atoms with Crippen LogP contribution in [0.25, 0.3) is 0 Å². The second kappa shape index (κ2) is 5.87. The fraction of sp³-hybridized carbons (Fsp3) is 0.500. The molecule has 0 bridgehead atoms. The van der Waals surface area contributed by atoms with Crippen molar-refractivity contribution in [2.75, 3.05) is 13.1 Å². The van der Waals surface area contributed by atoms with E-state index in [1.54, 1.807) is 4.90 Å². The number of ether oxygens (including phenoxy) is 1. The molecule has 1 fully saturated rings. The standard InChI is InChI=1S/C14H20N2O2/c1-11-7-8-16(9-13(11)15)14(17)18-10-12-5-3-2-4-6-12/h2-6,11,13H,7-10,15H2,1H3/t11-,13-/m1/s1. The summed E-state index contributed by atoms with van der Waals surface area (Å²) in [6.07, 6.45) is 0.683. The number of carbonyl (C=O) groups is 1. The van der Waals surface area contributed by atoms with Crippen LogP contribution in [0.3, 0.4) is 0 Å². The van der Waals surface area contributed by atoms with E-state index in [9.17, 15) is 4.79 Å². The number of nitrogens with two attached hydrogens (primary N) is 1. The van der Waals surface area contributed by atoms with E-state index in [1.165, 1.54) is 0 Å². The van der Waals surface area contributed by atoms with Crippen molar-refractivity contribution in [2.45, 2.75) is 26.0 Å². The number of nitrogens with zero attached hydrogens (tertiary/aromatic N) is 1. The molecule has 0 spiro atoms. The summed E-state index contributed by atoms with van der Waals surface area (Å²) < 4.78 is 5.28. The molecule has 1 heterocycles. The van der Waals surface area contributed by atoms with Crippen LogP contribution < -0.4 is 5.73 Å². The minimum absolute atomic E-state index is 0.0584. The Bertz CT molecular complexity index is 394. The fourth-order valence-corrected chi connectivity index (χ4v) is 2.08. The Hall–Kier alpha value is -1.55. The molecular formula is C14H20N2O2. The maximum atomic E-state index is 11.9. The van der Waals surface area contributed by atoms with Gasteiger partial charge in [0.2, 0.25) is 0 Å². The van der Waals surface area contributed by atoms with E-state index in [1.807, 2.05) is 30.3 Å². The molecule has 1 amide bonds. The molecule has 4 nitrogen and oxygen atoms in total. The molecule has 1 aliphatic heterocycles. The van der Waals surface area contributed by atoms with Crippen molar-refractivity contribution in [3.63, 3.8) is 0 Å². The Labute approximate surface area is 108 Å². The van der Waals surface area contributed by atoms with Crippen molar-refractivity contribution in [2.24, 2.45) is 11.7 Å². The molecule has 1 aromatic rings. The summed E-state index contributed by atoms with van der Waals surface area (Å²) in [6.45, 7) is 3.77. The first-order chi connectivity index (χ1) is 8.66. The summed E-state index contributed by atoms with van der Waals surface area (Å²) in [5.41, 5.74) is 6.96. The average Bonchev–Trinajstić information content (AvgIpc) is 2.40. The van der Waals surface area contributed by atoms with Gasteiger partial charge >= 0.3 is 6.09 Å². The summed E-state index contributed by atoms with van der Waals surface area (Å²) in [5.74, 6) is 0.475. The number of likely N-dealkylation sites (tertiary alicyclic amines) is 1. The van der Waals surface area contributed by atoms with E-state index in [-0.39, 0.29) is 12.1 Å². The summed E-state index contributed by atoms with van der Waals surface area (Å²) in [6, 6.07) is 9.75. The lowest BCUT2D eigenvalue weighted by Gasteiger charge is -2.34. The second-order valence-corrected chi connectivity index (χ2v) is 4.92. The molecule has 18 heavy (non-hydrogen) atoms. The number of amides is 1. The van der Waals surface area contributed by atoms with Gasteiger partial charge in [-0.05, 0) is 17.9 Å². The minimum atomic E-state index is -0.263. The molecule has 0 radical (unpaired) electrons. The number of rotatable bonds is 2. The van der Waals surface area contributed by atoms with Crippen LogP contribution in [-0.4, -0.2) is 30.1 Å². The topological polar surface area (TPSA) is 55.6 Å². The molecule has 0 aliphatic carbocycles. The zero-order chi connectivity index (χ0) is 13.0. The van der Waals surface area contributed by atoms with Crippen LogP contribution in [0.4, 0.5) is 4.79 Å². The summed E-state index contributed by atoms with van der Waals surface area (Å²) in [5, 5.41) is 0. The van der Waals surface area contributed by atoms with Crippen LogP contribution in [0.5, 0.6) is 0 Å². The van der Waals surface area contributed by atoms with E-state index >= 15 is 0 Å². The van der Waals surface area contributed by atoms with Gasteiger partial charge in [0, 0.05) is 19.1 Å². The van der Waals surface area contributed by atoms with E-state index < -0.39 is 0 Å². The SMILES string of the molecule is C[C@@H]1CCN(C(=O)OCc2ccccc2)C[C@H]1N. The third kappa shape index (κ3) is 3.23. The van der Waals surface area contributed by atoms with Crippen LogP contribution in [-0.2, 0) is 11.3 Å². The summed E-state index contributed by atoms with van der Waals surface area (Å²) in [7, 11) is 0. The summed E-state index contributed by atoms with van der Waals surface area (Å²) >= 11 is 0. The van der Waals surface area contributed by atoms with Crippen LogP contribution >= 0.6 is 0 Å². The lowest BCUT2D eigenvalue weighted by molar-refractivity contribution is 0.0787.